The summed E-state index contributed by atoms with van der Waals surface area (Å²) >= 11 is 0. The van der Waals surface area contributed by atoms with Crippen LogP contribution < -0.4 is 0 Å². The fourth-order valence-electron chi connectivity index (χ4n) is 0.930. The van der Waals surface area contributed by atoms with Crippen LogP contribution >= 0.6 is 0 Å². The Bertz CT molecular complexity index is 111. The van der Waals surface area contributed by atoms with Crippen molar-refractivity contribution in [2.24, 2.45) is 0 Å². The molecule has 0 amide bonds. The van der Waals surface area contributed by atoms with Gasteiger partial charge in [0.25, 0.3) is 0 Å². The quantitative estimate of drug-likeness (QED) is 0.538. The van der Waals surface area contributed by atoms with Crippen molar-refractivity contribution in [2.75, 3.05) is 6.61 Å². The fraction of sp³-hybridized carbons (Fsp3) is 0.833. The van der Waals surface area contributed by atoms with E-state index in [1.165, 1.54) is 0 Å². The maximum Gasteiger partial charge on any atom is 0.306 e. The molecule has 0 bridgehead atoms. The average molecular weight is 130 g/mol. The van der Waals surface area contributed by atoms with Crippen molar-refractivity contribution in [3.63, 3.8) is 0 Å². The third kappa shape index (κ3) is 1.68. The van der Waals surface area contributed by atoms with E-state index in [4.69, 9.17) is 9.84 Å². The second-order valence-corrected chi connectivity index (χ2v) is 2.16. The number of carbonyl (C=O) groups is 1. The minimum absolute atomic E-state index is 0.0116. The van der Waals surface area contributed by atoms with Crippen molar-refractivity contribution in [3.05, 3.63) is 0 Å². The van der Waals surface area contributed by atoms with Gasteiger partial charge >= 0.3 is 5.97 Å². The molecule has 9 heavy (non-hydrogen) atoms. The van der Waals surface area contributed by atoms with Gasteiger partial charge in [0.05, 0.1) is 0 Å². The summed E-state index contributed by atoms with van der Waals surface area (Å²) in [4.78, 5) is 10.4. The molecule has 52 valence electrons. The summed E-state index contributed by atoms with van der Waals surface area (Å²) in [7, 11) is 0. The molecule has 1 N–H and O–H groups in total. The molecule has 0 aromatic carbocycles. The van der Waals surface area contributed by atoms with Gasteiger partial charge in [-0.15, -0.1) is 0 Å². The molecule has 1 aliphatic rings. The fourth-order valence-corrected chi connectivity index (χ4v) is 0.930. The van der Waals surface area contributed by atoms with E-state index in [1.54, 1.807) is 0 Å². The Morgan fingerprint density at radius 1 is 1.78 bits per heavy atom. The molecule has 0 radical (unpaired) electrons. The first kappa shape index (κ1) is 6.55. The van der Waals surface area contributed by atoms with Crippen LogP contribution in [-0.2, 0) is 9.53 Å². The number of hydrogen-bond donors (Lipinski definition) is 1. The molecular weight excluding hydrogens is 120 g/mol. The van der Waals surface area contributed by atoms with Crippen LogP contribution in [0.25, 0.3) is 0 Å². The van der Waals surface area contributed by atoms with Gasteiger partial charge in [-0.25, -0.2) is 0 Å². The summed E-state index contributed by atoms with van der Waals surface area (Å²) in [6.45, 7) is 0.109. The van der Waals surface area contributed by atoms with Gasteiger partial charge in [-0.05, 0) is 6.42 Å². The van der Waals surface area contributed by atoms with Gasteiger partial charge in [-0.3, -0.25) is 4.79 Å². The molecule has 1 saturated heterocycles. The number of hydrogen-bond acceptors (Lipinski definition) is 3. The van der Waals surface area contributed by atoms with Crippen LogP contribution in [0.4, 0.5) is 0 Å². The number of aliphatic hydroxyl groups excluding tert-OH is 1. The van der Waals surface area contributed by atoms with Gasteiger partial charge < -0.3 is 9.84 Å². The van der Waals surface area contributed by atoms with E-state index in [1.807, 2.05) is 0 Å². The first-order chi connectivity index (χ1) is 4.33. The van der Waals surface area contributed by atoms with Gasteiger partial charge in [0.15, 0.2) is 0 Å². The Hall–Kier alpha value is -0.570. The molecule has 1 aliphatic heterocycles. The molecule has 0 aromatic heterocycles. The van der Waals surface area contributed by atoms with E-state index in [-0.39, 0.29) is 18.7 Å². The summed E-state index contributed by atoms with van der Waals surface area (Å²) in [5.74, 6) is -0.131. The van der Waals surface area contributed by atoms with Crippen molar-refractivity contribution in [1.82, 2.24) is 0 Å². The van der Waals surface area contributed by atoms with Crippen molar-refractivity contribution >= 4 is 5.97 Å². The molecule has 0 aliphatic carbocycles. The zero-order chi connectivity index (χ0) is 6.69. The summed E-state index contributed by atoms with van der Waals surface area (Å²) in [6, 6.07) is 0. The minimum Gasteiger partial charge on any atom is -0.462 e. The molecule has 1 heterocycles. The topological polar surface area (TPSA) is 46.5 Å². The monoisotopic (exact) mass is 130 g/mol. The van der Waals surface area contributed by atoms with Crippen molar-refractivity contribution in [1.29, 1.82) is 0 Å². The maximum absolute atomic E-state index is 10.4. The second kappa shape index (κ2) is 2.82. The lowest BCUT2D eigenvalue weighted by Gasteiger charge is -2.04. The number of cyclic esters (lactones) is 1. The molecule has 0 aromatic rings. The van der Waals surface area contributed by atoms with E-state index >= 15 is 0 Å². The van der Waals surface area contributed by atoms with E-state index in [2.05, 4.69) is 0 Å². The molecule has 3 nitrogen and oxygen atoms in total. The molecule has 0 saturated carbocycles. The van der Waals surface area contributed by atoms with Crippen LogP contribution in [0.2, 0.25) is 0 Å². The van der Waals surface area contributed by atoms with Crippen LogP contribution in [-0.4, -0.2) is 23.8 Å². The van der Waals surface area contributed by atoms with E-state index in [0.717, 1.165) is 6.42 Å². The SMILES string of the molecule is O=C1CC[C@@H](CCO)O1. The Kier molecular flexibility index (Phi) is 2.05. The van der Waals surface area contributed by atoms with Crippen molar-refractivity contribution in [2.45, 2.75) is 25.4 Å². The Morgan fingerprint density at radius 2 is 2.56 bits per heavy atom. The highest BCUT2D eigenvalue weighted by atomic mass is 16.5. The molecule has 3 heteroatoms. The Morgan fingerprint density at radius 3 is 3.00 bits per heavy atom. The zero-order valence-electron chi connectivity index (χ0n) is 5.17. The summed E-state index contributed by atoms with van der Waals surface area (Å²) < 4.78 is 4.80. The largest absolute Gasteiger partial charge is 0.462 e. The van der Waals surface area contributed by atoms with Crippen molar-refractivity contribution < 1.29 is 14.6 Å². The molecule has 1 rings (SSSR count). The first-order valence-corrected chi connectivity index (χ1v) is 3.13. The lowest BCUT2D eigenvalue weighted by atomic mass is 10.2. The highest BCUT2D eigenvalue weighted by Gasteiger charge is 2.21. The Balaban J connectivity index is 2.22. The van der Waals surface area contributed by atoms with Crippen LogP contribution in [0, 0.1) is 0 Å². The number of esters is 1. The van der Waals surface area contributed by atoms with Gasteiger partial charge in [-0.2, -0.15) is 0 Å². The average Bonchev–Trinajstić information content (AvgIpc) is 2.17. The van der Waals surface area contributed by atoms with Crippen LogP contribution in [0.5, 0.6) is 0 Å². The van der Waals surface area contributed by atoms with E-state index in [0.29, 0.717) is 12.8 Å². The van der Waals surface area contributed by atoms with Crippen molar-refractivity contribution in [3.8, 4) is 0 Å². The third-order valence-electron chi connectivity index (χ3n) is 1.42. The first-order valence-electron chi connectivity index (χ1n) is 3.13. The predicted octanol–water partition coefficient (Wildman–Crippen LogP) is 0.0744. The molecule has 1 atom stereocenters. The van der Waals surface area contributed by atoms with Crippen LogP contribution in [0.15, 0.2) is 0 Å². The van der Waals surface area contributed by atoms with Gasteiger partial charge in [0.1, 0.15) is 6.10 Å². The molecular formula is C6H10O3. The standard InChI is InChI=1S/C6H10O3/c7-4-3-5-1-2-6(8)9-5/h5,7H,1-4H2/t5-/m0/s1. The molecule has 0 unspecified atom stereocenters. The smallest absolute Gasteiger partial charge is 0.306 e. The minimum atomic E-state index is -0.131. The number of ether oxygens (including phenoxy) is 1. The highest BCUT2D eigenvalue weighted by Crippen LogP contribution is 2.15. The molecule has 0 spiro atoms. The summed E-state index contributed by atoms with van der Waals surface area (Å²) in [5, 5.41) is 8.42. The molecule has 1 fully saturated rings. The lowest BCUT2D eigenvalue weighted by molar-refractivity contribution is -0.141. The van der Waals surface area contributed by atoms with Gasteiger partial charge in [-0.1, -0.05) is 0 Å². The number of rotatable bonds is 2. The zero-order valence-corrected chi connectivity index (χ0v) is 5.17. The van der Waals surface area contributed by atoms with Gasteiger partial charge in [0.2, 0.25) is 0 Å². The van der Waals surface area contributed by atoms with Crippen LogP contribution in [0.1, 0.15) is 19.3 Å². The van der Waals surface area contributed by atoms with E-state index < -0.39 is 0 Å². The summed E-state index contributed by atoms with van der Waals surface area (Å²) in [5.41, 5.74) is 0. The maximum atomic E-state index is 10.4. The highest BCUT2D eigenvalue weighted by molar-refractivity contribution is 5.71. The normalized spacial score (nSPS) is 26.3. The van der Waals surface area contributed by atoms with E-state index in [9.17, 15) is 4.79 Å². The second-order valence-electron chi connectivity index (χ2n) is 2.16. The third-order valence-corrected chi connectivity index (χ3v) is 1.42. The van der Waals surface area contributed by atoms with Gasteiger partial charge in [0, 0.05) is 19.4 Å². The van der Waals surface area contributed by atoms with Crippen LogP contribution in [0.3, 0.4) is 0 Å². The number of carbonyl (C=O) groups excluding carboxylic acids is 1. The Labute approximate surface area is 53.6 Å². The predicted molar refractivity (Wildman–Crippen MR) is 30.8 cm³/mol. The summed E-state index contributed by atoms with van der Waals surface area (Å²) in [6.07, 6.45) is 1.87. The number of aliphatic hydroxyl groups is 1. The lowest BCUT2D eigenvalue weighted by Crippen LogP contribution is -2.08.